The van der Waals surface area contributed by atoms with E-state index in [1.165, 1.54) is 64.2 Å². The van der Waals surface area contributed by atoms with Gasteiger partial charge < -0.3 is 10.6 Å². The molecule has 3 rings (SSSR count). The fourth-order valence-corrected chi connectivity index (χ4v) is 12.7. The molecule has 2 aliphatic rings. The number of benzene rings is 1. The van der Waals surface area contributed by atoms with Gasteiger partial charge in [-0.15, -0.1) is 0 Å². The largest absolute Gasteiger partial charge is 0.316 e. The van der Waals surface area contributed by atoms with Crippen molar-refractivity contribution >= 4 is 15.8 Å². The van der Waals surface area contributed by atoms with Gasteiger partial charge in [0, 0.05) is 13.1 Å². The summed E-state index contributed by atoms with van der Waals surface area (Å²) in [5.74, 6) is 0. The highest BCUT2D eigenvalue weighted by Gasteiger charge is 2.35. The summed E-state index contributed by atoms with van der Waals surface area (Å²) in [6, 6.07) is 9.50. The van der Waals surface area contributed by atoms with Gasteiger partial charge in [0.05, 0.1) is 0 Å². The third kappa shape index (κ3) is 6.75. The van der Waals surface area contributed by atoms with Gasteiger partial charge in [0.25, 0.3) is 0 Å². The van der Waals surface area contributed by atoms with Crippen molar-refractivity contribution in [1.82, 2.24) is 10.6 Å². The van der Waals surface area contributed by atoms with E-state index in [1.54, 1.807) is 11.1 Å². The number of rotatable bonds is 6. The molecule has 0 aliphatic carbocycles. The van der Waals surface area contributed by atoms with Crippen LogP contribution >= 0.6 is 15.8 Å². The fraction of sp³-hybridized carbons (Fsp3) is 0.769. The Morgan fingerprint density at radius 2 is 1.23 bits per heavy atom. The lowest BCUT2D eigenvalue weighted by Crippen LogP contribution is -2.39. The SMILES string of the molecule is CC(C)(C)P(Cc1ccccc1CP(C1CCCNC1)C1CCCNC1)C(C)(C)C. The Kier molecular flexibility index (Phi) is 8.82. The molecule has 1 aromatic rings. The highest BCUT2D eigenvalue weighted by atomic mass is 31.1. The normalized spacial score (nSPS) is 24.8. The van der Waals surface area contributed by atoms with Crippen molar-refractivity contribution in [3.63, 3.8) is 0 Å². The van der Waals surface area contributed by atoms with Gasteiger partial charge in [0.2, 0.25) is 0 Å². The summed E-state index contributed by atoms with van der Waals surface area (Å²) in [7, 11) is -0.0951. The second kappa shape index (κ2) is 10.7. The van der Waals surface area contributed by atoms with Crippen LogP contribution in [-0.2, 0) is 12.3 Å². The number of hydrogen-bond donors (Lipinski definition) is 2. The van der Waals surface area contributed by atoms with E-state index in [0.29, 0.717) is 10.3 Å². The molecule has 0 bridgehead atoms. The van der Waals surface area contributed by atoms with Crippen molar-refractivity contribution < 1.29 is 0 Å². The van der Waals surface area contributed by atoms with Gasteiger partial charge >= 0.3 is 0 Å². The minimum absolute atomic E-state index is 0.0115. The molecule has 4 heteroatoms. The summed E-state index contributed by atoms with van der Waals surface area (Å²) in [6.45, 7) is 19.7. The third-order valence-corrected chi connectivity index (χ3v) is 14.3. The molecule has 2 saturated heterocycles. The average molecular weight is 449 g/mol. The highest BCUT2D eigenvalue weighted by Crippen LogP contribution is 2.62. The first-order chi connectivity index (χ1) is 14.2. The van der Waals surface area contributed by atoms with Gasteiger partial charge in [-0.2, -0.15) is 0 Å². The molecule has 0 aromatic heterocycles. The van der Waals surface area contributed by atoms with Crippen LogP contribution in [0.15, 0.2) is 24.3 Å². The predicted octanol–water partition coefficient (Wildman–Crippen LogP) is 6.75. The summed E-state index contributed by atoms with van der Waals surface area (Å²) in [5, 5.41) is 8.21. The molecule has 2 N–H and O–H groups in total. The van der Waals surface area contributed by atoms with E-state index in [-0.39, 0.29) is 15.8 Å². The zero-order valence-electron chi connectivity index (χ0n) is 20.4. The lowest BCUT2D eigenvalue weighted by atomic mass is 10.1. The Hall–Kier alpha value is -0.0000000000000000416. The van der Waals surface area contributed by atoms with Crippen LogP contribution in [0.4, 0.5) is 0 Å². The Balaban J connectivity index is 1.84. The molecule has 2 unspecified atom stereocenters. The molecule has 0 saturated carbocycles. The van der Waals surface area contributed by atoms with E-state index in [0.717, 1.165) is 11.3 Å². The molecule has 0 radical (unpaired) electrons. The lowest BCUT2D eigenvalue weighted by molar-refractivity contribution is 0.500. The van der Waals surface area contributed by atoms with Crippen molar-refractivity contribution in [2.24, 2.45) is 0 Å². The van der Waals surface area contributed by atoms with Crippen LogP contribution in [-0.4, -0.2) is 47.8 Å². The minimum Gasteiger partial charge on any atom is -0.316 e. The first-order valence-electron chi connectivity index (χ1n) is 12.2. The zero-order valence-corrected chi connectivity index (χ0v) is 22.2. The van der Waals surface area contributed by atoms with Crippen molar-refractivity contribution in [1.29, 1.82) is 0 Å². The van der Waals surface area contributed by atoms with Gasteiger partial charge in [0.15, 0.2) is 0 Å². The maximum Gasteiger partial charge on any atom is 0.00191 e. The van der Waals surface area contributed by atoms with Gasteiger partial charge in [-0.25, -0.2) is 0 Å². The summed E-state index contributed by atoms with van der Waals surface area (Å²) in [5.41, 5.74) is 5.12. The first-order valence-corrected chi connectivity index (χ1v) is 15.4. The van der Waals surface area contributed by atoms with E-state index >= 15 is 0 Å². The van der Waals surface area contributed by atoms with Crippen molar-refractivity contribution in [3.05, 3.63) is 35.4 Å². The quantitative estimate of drug-likeness (QED) is 0.470. The Morgan fingerprint density at radius 1 is 0.767 bits per heavy atom. The lowest BCUT2D eigenvalue weighted by Gasteiger charge is -2.42. The third-order valence-electron chi connectivity index (χ3n) is 6.90. The summed E-state index contributed by atoms with van der Waals surface area (Å²) in [6.07, 6.45) is 8.21. The molecule has 2 atom stereocenters. The van der Waals surface area contributed by atoms with Crippen LogP contribution < -0.4 is 10.6 Å². The minimum atomic E-state index is -0.107. The van der Waals surface area contributed by atoms with Crippen LogP contribution in [0.25, 0.3) is 0 Å². The van der Waals surface area contributed by atoms with E-state index < -0.39 is 0 Å². The van der Waals surface area contributed by atoms with Crippen molar-refractivity contribution in [2.75, 3.05) is 26.2 Å². The molecule has 2 aliphatic heterocycles. The molecule has 2 nitrogen and oxygen atoms in total. The second-order valence-electron chi connectivity index (χ2n) is 11.4. The van der Waals surface area contributed by atoms with E-state index in [2.05, 4.69) is 76.4 Å². The topological polar surface area (TPSA) is 24.1 Å². The van der Waals surface area contributed by atoms with Gasteiger partial charge in [-0.3, -0.25) is 0 Å². The molecule has 0 spiro atoms. The van der Waals surface area contributed by atoms with Crippen LogP contribution in [0.5, 0.6) is 0 Å². The molecule has 30 heavy (non-hydrogen) atoms. The van der Waals surface area contributed by atoms with Gasteiger partial charge in [-0.1, -0.05) is 81.7 Å². The summed E-state index contributed by atoms with van der Waals surface area (Å²) >= 11 is 0. The Labute approximate surface area is 189 Å². The van der Waals surface area contributed by atoms with E-state index in [1.807, 2.05) is 0 Å². The number of nitrogens with one attached hydrogen (secondary N) is 2. The van der Waals surface area contributed by atoms with Crippen molar-refractivity contribution in [3.8, 4) is 0 Å². The maximum atomic E-state index is 3.73. The molecule has 170 valence electrons. The van der Waals surface area contributed by atoms with Crippen LogP contribution in [0.1, 0.15) is 78.4 Å². The van der Waals surface area contributed by atoms with Gasteiger partial charge in [0.1, 0.15) is 0 Å². The predicted molar refractivity (Wildman–Crippen MR) is 139 cm³/mol. The molecule has 1 aromatic carbocycles. The molecule has 2 heterocycles. The molecule has 2 fully saturated rings. The molecular weight excluding hydrogens is 402 g/mol. The molecule has 0 amide bonds. The second-order valence-corrected chi connectivity index (χ2v) is 18.0. The Morgan fingerprint density at radius 3 is 1.63 bits per heavy atom. The molecular formula is C26H46N2P2. The van der Waals surface area contributed by atoms with Gasteiger partial charge in [-0.05, 0) is 83.9 Å². The standard InChI is InChI=1S/C26H46N2P2/c1-25(2,3)30(26(4,5)6)20-22-12-8-7-11-21(22)19-29(23-13-9-15-27-17-23)24-14-10-16-28-18-24/h7-8,11-12,23-24,27-28H,9-10,13-20H2,1-6H3. The van der Waals surface area contributed by atoms with E-state index in [9.17, 15) is 0 Å². The number of piperidine rings is 2. The summed E-state index contributed by atoms with van der Waals surface area (Å²) < 4.78 is 0. The first kappa shape index (κ1) is 24.6. The van der Waals surface area contributed by atoms with Crippen LogP contribution in [0.3, 0.4) is 0 Å². The van der Waals surface area contributed by atoms with E-state index in [4.69, 9.17) is 0 Å². The fourth-order valence-electron chi connectivity index (χ4n) is 5.50. The Bertz CT molecular complexity index is 618. The average Bonchev–Trinajstić information content (AvgIpc) is 2.70. The summed E-state index contributed by atoms with van der Waals surface area (Å²) in [4.78, 5) is 0. The van der Waals surface area contributed by atoms with Crippen molar-refractivity contribution in [2.45, 2.75) is 101 Å². The maximum absolute atomic E-state index is 3.73. The number of hydrogen-bond acceptors (Lipinski definition) is 2. The zero-order chi connectivity index (χ0) is 21.8. The smallest absolute Gasteiger partial charge is 0.00191 e. The van der Waals surface area contributed by atoms with Crippen LogP contribution in [0.2, 0.25) is 0 Å². The highest BCUT2D eigenvalue weighted by molar-refractivity contribution is 7.60. The monoisotopic (exact) mass is 448 g/mol. The van der Waals surface area contributed by atoms with Crippen LogP contribution in [0, 0.1) is 0 Å².